The molecule has 36 heavy (non-hydrogen) atoms. The van der Waals surface area contributed by atoms with Crippen LogP contribution in [0.4, 0.5) is 0 Å². The lowest BCUT2D eigenvalue weighted by atomic mass is 9.33. The number of nitrogens with zero attached hydrogens (tertiary/aromatic N) is 1. The van der Waals surface area contributed by atoms with Gasteiger partial charge >= 0.3 is 5.97 Å². The molecule has 5 aliphatic rings. The molecule has 4 nitrogen and oxygen atoms in total. The Bertz CT molecular complexity index is 1130. The molecular formula is C32H47NO3. The van der Waals surface area contributed by atoms with Gasteiger partial charge in [-0.3, -0.25) is 4.79 Å². The number of ether oxygens (including phenoxy) is 1. The van der Waals surface area contributed by atoms with Gasteiger partial charge in [-0.15, -0.1) is 0 Å². The molecule has 1 aromatic rings. The summed E-state index contributed by atoms with van der Waals surface area (Å²) in [5.41, 5.74) is 4.64. The van der Waals surface area contributed by atoms with Gasteiger partial charge < -0.3 is 9.26 Å². The maximum absolute atomic E-state index is 13.4. The van der Waals surface area contributed by atoms with Crippen LogP contribution in [0.5, 0.6) is 0 Å². The summed E-state index contributed by atoms with van der Waals surface area (Å²) in [5, 5.41) is 4.49. The fourth-order valence-electron chi connectivity index (χ4n) is 11.1. The number of fused-ring (bicyclic) bond motifs is 8. The van der Waals surface area contributed by atoms with E-state index in [1.54, 1.807) is 12.7 Å². The van der Waals surface area contributed by atoms with Crippen LogP contribution < -0.4 is 0 Å². The Morgan fingerprint density at radius 3 is 2.44 bits per heavy atom. The van der Waals surface area contributed by atoms with Crippen molar-refractivity contribution in [2.75, 3.05) is 7.11 Å². The van der Waals surface area contributed by atoms with Crippen LogP contribution in [0.25, 0.3) is 0 Å². The van der Waals surface area contributed by atoms with E-state index < -0.39 is 0 Å². The number of carbonyl (C=O) groups excluding carboxylic acids is 1. The third-order valence-electron chi connectivity index (χ3n) is 13.2. The lowest BCUT2D eigenvalue weighted by molar-refractivity contribution is -0.179. The first kappa shape index (κ1) is 24.7. The Balaban J connectivity index is 1.46. The maximum Gasteiger partial charge on any atom is 0.312 e. The Labute approximate surface area is 218 Å². The second-order valence-electron chi connectivity index (χ2n) is 15.4. The topological polar surface area (TPSA) is 52.3 Å². The van der Waals surface area contributed by atoms with E-state index in [1.165, 1.54) is 24.1 Å². The maximum atomic E-state index is 13.4. The Kier molecular flexibility index (Phi) is 5.01. The second-order valence-corrected chi connectivity index (χ2v) is 15.4. The van der Waals surface area contributed by atoms with Crippen molar-refractivity contribution in [2.24, 2.45) is 44.8 Å². The molecule has 0 saturated heterocycles. The van der Waals surface area contributed by atoms with Crippen LogP contribution in [0.15, 0.2) is 22.4 Å². The summed E-state index contributed by atoms with van der Waals surface area (Å²) in [6, 6.07) is 0. The fraction of sp³-hybridized carbons (Fsp3) is 0.812. The van der Waals surface area contributed by atoms with Gasteiger partial charge in [0.15, 0.2) is 0 Å². The number of rotatable bonds is 1. The van der Waals surface area contributed by atoms with Crippen molar-refractivity contribution in [2.45, 2.75) is 112 Å². The molecular weight excluding hydrogens is 446 g/mol. The van der Waals surface area contributed by atoms with Crippen molar-refractivity contribution < 1.29 is 14.1 Å². The van der Waals surface area contributed by atoms with Crippen molar-refractivity contribution in [3.05, 3.63) is 29.2 Å². The van der Waals surface area contributed by atoms with E-state index in [-0.39, 0.29) is 38.5 Å². The molecule has 3 fully saturated rings. The number of allylic oxidation sites excluding steroid dienone is 2. The minimum atomic E-state index is -0.329. The zero-order valence-corrected chi connectivity index (χ0v) is 23.9. The third-order valence-corrected chi connectivity index (χ3v) is 13.2. The lowest BCUT2D eigenvalue weighted by Crippen LogP contribution is -2.64. The zero-order chi connectivity index (χ0) is 25.9. The van der Waals surface area contributed by atoms with Gasteiger partial charge in [0, 0.05) is 11.0 Å². The van der Waals surface area contributed by atoms with Crippen LogP contribution in [-0.2, 0) is 21.4 Å². The van der Waals surface area contributed by atoms with E-state index in [2.05, 4.69) is 59.7 Å². The summed E-state index contributed by atoms with van der Waals surface area (Å²) in [4.78, 5) is 13.4. The van der Waals surface area contributed by atoms with Gasteiger partial charge in [0.2, 0.25) is 0 Å². The van der Waals surface area contributed by atoms with E-state index >= 15 is 0 Å². The lowest BCUT2D eigenvalue weighted by Gasteiger charge is -2.70. The average molecular weight is 494 g/mol. The van der Waals surface area contributed by atoms with Crippen LogP contribution in [0.3, 0.4) is 0 Å². The molecule has 198 valence electrons. The average Bonchev–Trinajstić information content (AvgIpc) is 3.27. The molecule has 0 radical (unpaired) electrons. The minimum Gasteiger partial charge on any atom is -0.469 e. The molecule has 0 unspecified atom stereocenters. The predicted molar refractivity (Wildman–Crippen MR) is 141 cm³/mol. The first-order valence-corrected chi connectivity index (χ1v) is 14.5. The van der Waals surface area contributed by atoms with Crippen molar-refractivity contribution >= 4 is 5.97 Å². The second kappa shape index (κ2) is 7.29. The van der Waals surface area contributed by atoms with Gasteiger partial charge in [0.1, 0.15) is 6.26 Å². The van der Waals surface area contributed by atoms with Crippen molar-refractivity contribution in [1.82, 2.24) is 5.16 Å². The van der Waals surface area contributed by atoms with Crippen LogP contribution >= 0.6 is 0 Å². The van der Waals surface area contributed by atoms with Gasteiger partial charge in [-0.2, -0.15) is 0 Å². The monoisotopic (exact) mass is 493 g/mol. The number of esters is 1. The summed E-state index contributed by atoms with van der Waals surface area (Å²) in [5.74, 6) is 1.57. The highest BCUT2D eigenvalue weighted by atomic mass is 16.5. The first-order chi connectivity index (χ1) is 16.8. The quantitative estimate of drug-likeness (QED) is 0.298. The Morgan fingerprint density at radius 2 is 1.72 bits per heavy atom. The van der Waals surface area contributed by atoms with E-state index in [1.807, 2.05) is 6.26 Å². The number of aromatic nitrogens is 1. The van der Waals surface area contributed by atoms with Gasteiger partial charge in [-0.25, -0.2) is 0 Å². The number of methoxy groups -OCH3 is 1. The van der Waals surface area contributed by atoms with E-state index in [9.17, 15) is 4.79 Å². The smallest absolute Gasteiger partial charge is 0.312 e. The SMILES string of the molecule is COC(=O)[C@]12CCC(C)(C)C[C@H]1C1=CC[C@H]3[C@@]4(C)Cc5conc5C(C)(C)[C@@H]4CC[C@@]3(C)[C@]1(C)CC2. The van der Waals surface area contributed by atoms with E-state index in [0.29, 0.717) is 17.8 Å². The number of hydrogen-bond donors (Lipinski definition) is 0. The summed E-state index contributed by atoms with van der Waals surface area (Å²) < 4.78 is 11.1. The Morgan fingerprint density at radius 1 is 1.00 bits per heavy atom. The summed E-state index contributed by atoms with van der Waals surface area (Å²) in [6.07, 6.45) is 14.5. The summed E-state index contributed by atoms with van der Waals surface area (Å²) >= 11 is 0. The Hall–Kier alpha value is -1.58. The molecule has 7 atom stereocenters. The molecule has 4 heteroatoms. The standard InChI is InChI=1S/C32H47NO3/c1-27(2)13-15-32(26(34)35-8)16-14-30(6)21(22(32)18-27)9-10-24-29(5)17-20-19-36-33-25(20)28(3,4)23(29)11-12-31(24,30)7/h9,19,22-24H,10-18H2,1-8H3/t22-,23-,24-,29-,30+,31+,32-/m0/s1. The molecule has 0 spiro atoms. The van der Waals surface area contributed by atoms with Gasteiger partial charge in [0.05, 0.1) is 18.2 Å². The van der Waals surface area contributed by atoms with Crippen molar-refractivity contribution in [3.63, 3.8) is 0 Å². The normalized spacial score (nSPS) is 46.2. The molecule has 0 aliphatic heterocycles. The molecule has 3 saturated carbocycles. The highest BCUT2D eigenvalue weighted by Gasteiger charge is 2.69. The minimum absolute atomic E-state index is 0.0293. The van der Waals surface area contributed by atoms with Crippen LogP contribution in [0.1, 0.15) is 111 Å². The molecule has 6 rings (SSSR count). The van der Waals surface area contributed by atoms with Crippen LogP contribution in [0, 0.1) is 44.8 Å². The molecule has 1 aromatic heterocycles. The van der Waals surface area contributed by atoms with E-state index in [0.717, 1.165) is 44.9 Å². The number of hydrogen-bond acceptors (Lipinski definition) is 4. The third kappa shape index (κ3) is 2.83. The van der Waals surface area contributed by atoms with Gasteiger partial charge in [-0.05, 0) is 97.2 Å². The van der Waals surface area contributed by atoms with E-state index in [4.69, 9.17) is 9.26 Å². The first-order valence-electron chi connectivity index (χ1n) is 14.5. The highest BCUT2D eigenvalue weighted by molar-refractivity contribution is 5.78. The van der Waals surface area contributed by atoms with Crippen molar-refractivity contribution in [1.29, 1.82) is 0 Å². The van der Waals surface area contributed by atoms with Gasteiger partial charge in [0.25, 0.3) is 0 Å². The molecule has 1 heterocycles. The summed E-state index contributed by atoms with van der Waals surface area (Å²) in [6.45, 7) is 17.4. The molecule has 0 aromatic carbocycles. The fourth-order valence-corrected chi connectivity index (χ4v) is 11.1. The molecule has 0 N–H and O–H groups in total. The largest absolute Gasteiger partial charge is 0.469 e. The highest BCUT2D eigenvalue weighted by Crippen LogP contribution is 2.75. The molecule has 5 aliphatic carbocycles. The molecule has 0 bridgehead atoms. The zero-order valence-electron chi connectivity index (χ0n) is 23.9. The van der Waals surface area contributed by atoms with Gasteiger partial charge in [-0.1, -0.05) is 65.3 Å². The predicted octanol–water partition coefficient (Wildman–Crippen LogP) is 7.66. The summed E-state index contributed by atoms with van der Waals surface area (Å²) in [7, 11) is 1.60. The number of carbonyl (C=O) groups is 1. The molecule has 0 amide bonds. The van der Waals surface area contributed by atoms with Crippen molar-refractivity contribution in [3.8, 4) is 0 Å². The van der Waals surface area contributed by atoms with Crippen LogP contribution in [0.2, 0.25) is 0 Å². The van der Waals surface area contributed by atoms with Crippen LogP contribution in [-0.4, -0.2) is 18.2 Å².